The quantitative estimate of drug-likeness (QED) is 0.668. The lowest BCUT2D eigenvalue weighted by atomic mass is 9.77. The molecule has 1 saturated carbocycles. The highest BCUT2D eigenvalue weighted by molar-refractivity contribution is 5.85. The van der Waals surface area contributed by atoms with Gasteiger partial charge in [0.15, 0.2) is 5.82 Å². The molecule has 0 bridgehead atoms. The van der Waals surface area contributed by atoms with Crippen LogP contribution in [0.3, 0.4) is 0 Å². The van der Waals surface area contributed by atoms with E-state index in [0.717, 1.165) is 24.8 Å². The molecule has 3 rings (SSSR count). The van der Waals surface area contributed by atoms with E-state index in [1.807, 2.05) is 6.07 Å². The number of nitrogens with two attached hydrogens (primary N) is 1. The van der Waals surface area contributed by atoms with E-state index in [0.29, 0.717) is 24.6 Å². The second-order valence-corrected chi connectivity index (χ2v) is 5.45. The second kappa shape index (κ2) is 6.41. The van der Waals surface area contributed by atoms with Crippen molar-refractivity contribution in [1.29, 1.82) is 0 Å². The first-order valence-electron chi connectivity index (χ1n) is 6.92. The van der Waals surface area contributed by atoms with Gasteiger partial charge in [0.2, 0.25) is 5.89 Å². The Labute approximate surface area is 133 Å². The Morgan fingerprint density at radius 2 is 2.14 bits per heavy atom. The van der Waals surface area contributed by atoms with Crippen LogP contribution in [-0.2, 0) is 18.4 Å². The van der Waals surface area contributed by atoms with E-state index in [1.54, 1.807) is 12.1 Å². The molecule has 0 spiro atoms. The van der Waals surface area contributed by atoms with Crippen molar-refractivity contribution in [2.75, 3.05) is 0 Å². The Hall–Kier alpha value is -1.99. The largest absolute Gasteiger partial charge is 0.339 e. The highest BCUT2D eigenvalue weighted by atomic mass is 35.5. The number of rotatable bonds is 5. The molecule has 22 heavy (non-hydrogen) atoms. The Morgan fingerprint density at radius 3 is 2.77 bits per heavy atom. The predicted octanol–water partition coefficient (Wildman–Crippen LogP) is 2.52. The SMILES string of the molecule is Cl.NC1(c2noc(CCc3cccc([N+](=O)[O-])c3)n2)CCC1. The molecule has 0 aliphatic heterocycles. The zero-order valence-electron chi connectivity index (χ0n) is 11.9. The summed E-state index contributed by atoms with van der Waals surface area (Å²) in [5, 5.41) is 14.7. The third kappa shape index (κ3) is 3.26. The molecule has 1 fully saturated rings. The molecule has 0 radical (unpaired) electrons. The highest BCUT2D eigenvalue weighted by Gasteiger charge is 2.38. The van der Waals surface area contributed by atoms with Crippen LogP contribution >= 0.6 is 12.4 Å². The lowest BCUT2D eigenvalue weighted by Gasteiger charge is -2.34. The number of halogens is 1. The Bertz CT molecular complexity index is 670. The zero-order chi connectivity index (χ0) is 14.9. The molecule has 1 aromatic heterocycles. The van der Waals surface area contributed by atoms with Crippen LogP contribution in [0.25, 0.3) is 0 Å². The molecule has 0 unspecified atom stereocenters. The van der Waals surface area contributed by atoms with Crippen molar-refractivity contribution in [3.05, 3.63) is 51.7 Å². The Balaban J connectivity index is 0.00000176. The number of nitrogens with zero attached hydrogens (tertiary/aromatic N) is 3. The standard InChI is InChI=1S/C14H16N4O3.ClH/c15-14(7-2-8-14)13-16-12(21-17-13)6-5-10-3-1-4-11(9-10)18(19)20;/h1,3-4,9H,2,5-8,15H2;1H. The fourth-order valence-corrected chi connectivity index (χ4v) is 2.42. The molecule has 0 amide bonds. The summed E-state index contributed by atoms with van der Waals surface area (Å²) >= 11 is 0. The lowest BCUT2D eigenvalue weighted by Crippen LogP contribution is -2.44. The van der Waals surface area contributed by atoms with E-state index in [4.69, 9.17) is 10.3 Å². The average Bonchev–Trinajstić information content (AvgIpc) is 2.92. The number of aromatic nitrogens is 2. The van der Waals surface area contributed by atoms with Crippen LogP contribution in [0.1, 0.15) is 36.5 Å². The monoisotopic (exact) mass is 324 g/mol. The third-order valence-electron chi connectivity index (χ3n) is 3.91. The van der Waals surface area contributed by atoms with Gasteiger partial charge < -0.3 is 10.3 Å². The molecule has 1 heterocycles. The summed E-state index contributed by atoms with van der Waals surface area (Å²) in [4.78, 5) is 14.7. The maximum atomic E-state index is 10.7. The van der Waals surface area contributed by atoms with Gasteiger partial charge in [-0.1, -0.05) is 17.3 Å². The van der Waals surface area contributed by atoms with Gasteiger partial charge in [0, 0.05) is 18.6 Å². The van der Waals surface area contributed by atoms with Gasteiger partial charge >= 0.3 is 0 Å². The van der Waals surface area contributed by atoms with Gasteiger partial charge in [0.1, 0.15) is 0 Å². The van der Waals surface area contributed by atoms with E-state index < -0.39 is 10.5 Å². The second-order valence-electron chi connectivity index (χ2n) is 5.45. The fraction of sp³-hybridized carbons (Fsp3) is 0.429. The summed E-state index contributed by atoms with van der Waals surface area (Å²) in [6.45, 7) is 0. The molecule has 1 aromatic carbocycles. The average molecular weight is 325 g/mol. The molecular weight excluding hydrogens is 308 g/mol. The summed E-state index contributed by atoms with van der Waals surface area (Å²) in [5.74, 6) is 1.09. The van der Waals surface area contributed by atoms with Gasteiger partial charge in [-0.25, -0.2) is 0 Å². The molecule has 8 heteroatoms. The first-order valence-corrected chi connectivity index (χ1v) is 6.92. The molecule has 2 aromatic rings. The zero-order valence-corrected chi connectivity index (χ0v) is 12.7. The van der Waals surface area contributed by atoms with E-state index in [9.17, 15) is 10.1 Å². The molecule has 0 atom stereocenters. The molecule has 7 nitrogen and oxygen atoms in total. The third-order valence-corrected chi connectivity index (χ3v) is 3.91. The van der Waals surface area contributed by atoms with E-state index in [1.165, 1.54) is 6.07 Å². The Morgan fingerprint density at radius 1 is 1.36 bits per heavy atom. The predicted molar refractivity (Wildman–Crippen MR) is 81.8 cm³/mol. The van der Waals surface area contributed by atoms with Crippen molar-refractivity contribution >= 4 is 18.1 Å². The maximum absolute atomic E-state index is 10.7. The van der Waals surface area contributed by atoms with Gasteiger partial charge in [0.05, 0.1) is 10.5 Å². The number of nitro groups is 1. The summed E-state index contributed by atoms with van der Waals surface area (Å²) in [7, 11) is 0. The van der Waals surface area contributed by atoms with Gasteiger partial charge in [-0.2, -0.15) is 4.98 Å². The maximum Gasteiger partial charge on any atom is 0.269 e. The first kappa shape index (κ1) is 16.4. The van der Waals surface area contributed by atoms with Crippen LogP contribution in [0, 0.1) is 10.1 Å². The normalized spacial score (nSPS) is 15.7. The first-order chi connectivity index (χ1) is 10.1. The van der Waals surface area contributed by atoms with Crippen LogP contribution < -0.4 is 5.73 Å². The molecule has 2 N–H and O–H groups in total. The molecule has 1 aliphatic rings. The molecule has 118 valence electrons. The van der Waals surface area contributed by atoms with Crippen molar-refractivity contribution in [1.82, 2.24) is 10.1 Å². The van der Waals surface area contributed by atoms with Crippen molar-refractivity contribution < 1.29 is 9.45 Å². The molecule has 0 saturated heterocycles. The van der Waals surface area contributed by atoms with Gasteiger partial charge in [-0.15, -0.1) is 12.4 Å². The van der Waals surface area contributed by atoms with E-state index in [2.05, 4.69) is 10.1 Å². The number of hydrogen-bond acceptors (Lipinski definition) is 6. The molecular formula is C14H17ClN4O3. The minimum Gasteiger partial charge on any atom is -0.339 e. The van der Waals surface area contributed by atoms with Gasteiger partial charge in [0.25, 0.3) is 5.69 Å². The summed E-state index contributed by atoms with van der Waals surface area (Å²) in [6, 6.07) is 6.56. The number of hydrogen-bond donors (Lipinski definition) is 1. The van der Waals surface area contributed by atoms with Crippen LogP contribution in [0.15, 0.2) is 28.8 Å². The van der Waals surface area contributed by atoms with Gasteiger partial charge in [-0.05, 0) is 31.2 Å². The van der Waals surface area contributed by atoms with Crippen LogP contribution in [0.2, 0.25) is 0 Å². The minimum absolute atomic E-state index is 0. The summed E-state index contributed by atoms with van der Waals surface area (Å²) < 4.78 is 5.21. The topological polar surface area (TPSA) is 108 Å². The minimum atomic E-state index is -0.423. The summed E-state index contributed by atoms with van der Waals surface area (Å²) in [6.07, 6.45) is 4.02. The fourth-order valence-electron chi connectivity index (χ4n) is 2.42. The van der Waals surface area contributed by atoms with Crippen LogP contribution in [0.5, 0.6) is 0 Å². The summed E-state index contributed by atoms with van der Waals surface area (Å²) in [5.41, 5.74) is 6.68. The smallest absolute Gasteiger partial charge is 0.269 e. The number of aryl methyl sites for hydroxylation is 2. The van der Waals surface area contributed by atoms with Crippen molar-refractivity contribution in [2.45, 2.75) is 37.6 Å². The van der Waals surface area contributed by atoms with E-state index in [-0.39, 0.29) is 18.1 Å². The van der Waals surface area contributed by atoms with E-state index >= 15 is 0 Å². The highest BCUT2D eigenvalue weighted by Crippen LogP contribution is 2.36. The van der Waals surface area contributed by atoms with Crippen molar-refractivity contribution in [3.8, 4) is 0 Å². The Kier molecular flexibility index (Phi) is 4.77. The van der Waals surface area contributed by atoms with Gasteiger partial charge in [-0.3, -0.25) is 10.1 Å². The number of nitro benzene ring substituents is 1. The number of benzene rings is 1. The molecule has 1 aliphatic carbocycles. The van der Waals surface area contributed by atoms with Crippen molar-refractivity contribution in [3.63, 3.8) is 0 Å². The lowest BCUT2D eigenvalue weighted by molar-refractivity contribution is -0.384. The van der Waals surface area contributed by atoms with Crippen LogP contribution in [0.4, 0.5) is 5.69 Å². The van der Waals surface area contributed by atoms with Crippen molar-refractivity contribution in [2.24, 2.45) is 5.73 Å². The van der Waals surface area contributed by atoms with Crippen LogP contribution in [-0.4, -0.2) is 15.1 Å². The number of non-ortho nitro benzene ring substituents is 1.